The molecule has 2 unspecified atom stereocenters. The van der Waals surface area contributed by atoms with Crippen molar-refractivity contribution in [1.82, 2.24) is 5.32 Å². The summed E-state index contributed by atoms with van der Waals surface area (Å²) < 4.78 is 23.5. The van der Waals surface area contributed by atoms with Crippen LogP contribution in [0.2, 0.25) is 0 Å². The van der Waals surface area contributed by atoms with Crippen molar-refractivity contribution in [1.29, 1.82) is 0 Å². The van der Waals surface area contributed by atoms with Gasteiger partial charge in [-0.05, 0) is 24.8 Å². The van der Waals surface area contributed by atoms with Crippen LogP contribution in [-0.4, -0.2) is 19.5 Å². The van der Waals surface area contributed by atoms with Crippen molar-refractivity contribution in [2.75, 3.05) is 13.1 Å². The van der Waals surface area contributed by atoms with E-state index >= 15 is 0 Å². The number of alkyl halides is 2. The first-order chi connectivity index (χ1) is 5.70. The molecule has 0 radical (unpaired) electrons. The summed E-state index contributed by atoms with van der Waals surface area (Å²) >= 11 is 0. The van der Waals surface area contributed by atoms with Gasteiger partial charge in [0.15, 0.2) is 0 Å². The molecule has 0 spiro atoms. The molecule has 1 nitrogen and oxygen atoms in total. The summed E-state index contributed by atoms with van der Waals surface area (Å²) in [5.74, 6) is 1.35. The number of nitrogens with one attached hydrogen (secondary N) is 1. The zero-order valence-electron chi connectivity index (χ0n) is 7.52. The van der Waals surface area contributed by atoms with Gasteiger partial charge in [0.25, 0.3) is 6.43 Å². The van der Waals surface area contributed by atoms with E-state index in [0.29, 0.717) is 5.92 Å². The van der Waals surface area contributed by atoms with Gasteiger partial charge in [0.2, 0.25) is 0 Å². The summed E-state index contributed by atoms with van der Waals surface area (Å²) in [4.78, 5) is 0. The summed E-state index contributed by atoms with van der Waals surface area (Å²) in [5, 5.41) is 2.81. The van der Waals surface area contributed by atoms with Gasteiger partial charge >= 0.3 is 0 Å². The predicted molar refractivity (Wildman–Crippen MR) is 45.4 cm³/mol. The van der Waals surface area contributed by atoms with E-state index in [1.54, 1.807) is 0 Å². The van der Waals surface area contributed by atoms with Crippen LogP contribution in [0.25, 0.3) is 0 Å². The van der Waals surface area contributed by atoms with Crippen LogP contribution in [0.5, 0.6) is 0 Å². The summed E-state index contributed by atoms with van der Waals surface area (Å²) in [6.07, 6.45) is 1.53. The second-order valence-electron chi connectivity index (χ2n) is 3.72. The highest BCUT2D eigenvalue weighted by atomic mass is 19.3. The zero-order valence-corrected chi connectivity index (χ0v) is 7.52. The van der Waals surface area contributed by atoms with Gasteiger partial charge in [0, 0.05) is 0 Å². The van der Waals surface area contributed by atoms with Gasteiger partial charge in [-0.2, -0.15) is 0 Å². The van der Waals surface area contributed by atoms with E-state index in [2.05, 4.69) is 12.2 Å². The fourth-order valence-electron chi connectivity index (χ4n) is 1.90. The number of halogens is 2. The second-order valence-corrected chi connectivity index (χ2v) is 3.72. The lowest BCUT2D eigenvalue weighted by Crippen LogP contribution is -2.28. The molecule has 1 N–H and O–H groups in total. The van der Waals surface area contributed by atoms with Crippen LogP contribution in [-0.2, 0) is 0 Å². The summed E-state index contributed by atoms with van der Waals surface area (Å²) in [7, 11) is 0. The van der Waals surface area contributed by atoms with Crippen LogP contribution in [0.15, 0.2) is 0 Å². The largest absolute Gasteiger partial charge is 0.311 e. The van der Waals surface area contributed by atoms with Crippen molar-refractivity contribution < 1.29 is 8.78 Å². The quantitative estimate of drug-likeness (QED) is 0.694. The van der Waals surface area contributed by atoms with E-state index < -0.39 is 6.43 Å². The molecule has 0 aromatic carbocycles. The summed E-state index contributed by atoms with van der Waals surface area (Å²) in [5.41, 5.74) is 0. The molecule has 0 bridgehead atoms. The van der Waals surface area contributed by atoms with E-state index in [1.807, 2.05) is 0 Å². The van der Waals surface area contributed by atoms with Gasteiger partial charge < -0.3 is 5.32 Å². The fourth-order valence-corrected chi connectivity index (χ4v) is 1.90. The van der Waals surface area contributed by atoms with E-state index in [4.69, 9.17) is 0 Å². The maximum atomic E-state index is 11.7. The van der Waals surface area contributed by atoms with Crippen LogP contribution in [0.1, 0.15) is 26.2 Å². The normalized spacial score (nSPS) is 30.0. The Bertz CT molecular complexity index is 128. The average molecular weight is 177 g/mol. The molecular weight excluding hydrogens is 160 g/mol. The predicted octanol–water partition coefficient (Wildman–Crippen LogP) is 2.28. The van der Waals surface area contributed by atoms with Gasteiger partial charge in [-0.1, -0.05) is 19.8 Å². The third kappa shape index (κ3) is 3.05. The maximum absolute atomic E-state index is 11.7. The van der Waals surface area contributed by atoms with Crippen LogP contribution in [0, 0.1) is 11.8 Å². The monoisotopic (exact) mass is 177 g/mol. The Kier molecular flexibility index (Phi) is 3.92. The van der Waals surface area contributed by atoms with Gasteiger partial charge in [0.05, 0.1) is 6.54 Å². The number of rotatable bonds is 4. The summed E-state index contributed by atoms with van der Waals surface area (Å²) in [6.45, 7) is 2.83. The van der Waals surface area contributed by atoms with E-state index in [1.165, 1.54) is 19.3 Å². The van der Waals surface area contributed by atoms with Crippen molar-refractivity contribution in [3.8, 4) is 0 Å². The van der Waals surface area contributed by atoms with Crippen molar-refractivity contribution in [2.24, 2.45) is 11.8 Å². The number of hydrogen-bond donors (Lipinski definition) is 1. The molecule has 1 aliphatic rings. The average Bonchev–Trinajstić information content (AvgIpc) is 2.36. The lowest BCUT2D eigenvalue weighted by Gasteiger charge is -2.15. The van der Waals surface area contributed by atoms with Crippen LogP contribution in [0.4, 0.5) is 8.78 Å². The molecule has 0 aliphatic heterocycles. The first kappa shape index (κ1) is 9.90. The van der Waals surface area contributed by atoms with Crippen molar-refractivity contribution in [2.45, 2.75) is 32.6 Å². The molecule has 1 fully saturated rings. The van der Waals surface area contributed by atoms with Crippen molar-refractivity contribution in [3.63, 3.8) is 0 Å². The molecule has 1 saturated carbocycles. The summed E-state index contributed by atoms with van der Waals surface area (Å²) in [6, 6.07) is 0. The highest BCUT2D eigenvalue weighted by molar-refractivity contribution is 4.75. The minimum Gasteiger partial charge on any atom is -0.311 e. The molecule has 3 heteroatoms. The Balaban J connectivity index is 2.06. The fraction of sp³-hybridized carbons (Fsp3) is 1.00. The lowest BCUT2D eigenvalue weighted by atomic mass is 9.98. The minimum atomic E-state index is -2.21. The van der Waals surface area contributed by atoms with E-state index in [-0.39, 0.29) is 6.54 Å². The molecule has 0 saturated heterocycles. The van der Waals surface area contributed by atoms with Crippen LogP contribution < -0.4 is 5.32 Å². The highest BCUT2D eigenvalue weighted by Crippen LogP contribution is 2.30. The Morgan fingerprint density at radius 3 is 2.67 bits per heavy atom. The Hall–Kier alpha value is -0.180. The third-order valence-electron chi connectivity index (χ3n) is 2.74. The van der Waals surface area contributed by atoms with Crippen molar-refractivity contribution in [3.05, 3.63) is 0 Å². The van der Waals surface area contributed by atoms with Gasteiger partial charge in [-0.25, -0.2) is 8.78 Å². The Morgan fingerprint density at radius 1 is 1.42 bits per heavy atom. The zero-order chi connectivity index (χ0) is 8.97. The lowest BCUT2D eigenvalue weighted by molar-refractivity contribution is 0.143. The SMILES string of the molecule is CC1CCCC1CNCC(F)F. The number of hydrogen-bond acceptors (Lipinski definition) is 1. The molecule has 0 heterocycles. The van der Waals surface area contributed by atoms with E-state index in [9.17, 15) is 8.78 Å². The standard InChI is InChI=1S/C9H17F2N/c1-7-3-2-4-8(7)5-12-6-9(10)11/h7-9,12H,2-6H2,1H3. The highest BCUT2D eigenvalue weighted by Gasteiger charge is 2.22. The van der Waals surface area contributed by atoms with E-state index in [0.717, 1.165) is 12.5 Å². The topological polar surface area (TPSA) is 12.0 Å². The maximum Gasteiger partial charge on any atom is 0.250 e. The molecule has 1 aliphatic carbocycles. The van der Waals surface area contributed by atoms with Gasteiger partial charge in [-0.15, -0.1) is 0 Å². The first-order valence-electron chi connectivity index (χ1n) is 4.69. The Morgan fingerprint density at radius 2 is 2.17 bits per heavy atom. The smallest absolute Gasteiger partial charge is 0.250 e. The third-order valence-corrected chi connectivity index (χ3v) is 2.74. The molecular formula is C9H17F2N. The van der Waals surface area contributed by atoms with Crippen LogP contribution in [0.3, 0.4) is 0 Å². The second kappa shape index (κ2) is 4.75. The first-order valence-corrected chi connectivity index (χ1v) is 4.69. The molecule has 0 amide bonds. The van der Waals surface area contributed by atoms with Gasteiger partial charge in [0.1, 0.15) is 0 Å². The molecule has 0 aromatic rings. The Labute approximate surface area is 72.5 Å². The molecule has 0 aromatic heterocycles. The molecule has 2 atom stereocenters. The molecule has 72 valence electrons. The molecule has 1 rings (SSSR count). The van der Waals surface area contributed by atoms with Crippen LogP contribution >= 0.6 is 0 Å². The van der Waals surface area contributed by atoms with Gasteiger partial charge in [-0.3, -0.25) is 0 Å². The minimum absolute atomic E-state index is 0.150. The molecule has 12 heavy (non-hydrogen) atoms. The van der Waals surface area contributed by atoms with Crippen molar-refractivity contribution >= 4 is 0 Å².